The molecule has 1 heterocycles. The Morgan fingerprint density at radius 3 is 2.78 bits per heavy atom. The van der Waals surface area contributed by atoms with Gasteiger partial charge >= 0.3 is 12.0 Å². The molecule has 0 spiro atoms. The molecule has 5 nitrogen and oxygen atoms in total. The van der Waals surface area contributed by atoms with E-state index in [1.165, 1.54) is 18.4 Å². The van der Waals surface area contributed by atoms with Crippen molar-refractivity contribution in [2.45, 2.75) is 25.3 Å². The molecular weight excluding hydrogens is 336 g/mol. The number of urea groups is 1. The number of esters is 1. The summed E-state index contributed by atoms with van der Waals surface area (Å²) in [4.78, 5) is 23.7. The van der Waals surface area contributed by atoms with E-state index in [9.17, 15) is 9.59 Å². The molecule has 2 amide bonds. The first-order valence-corrected chi connectivity index (χ1v) is 8.59. The zero-order valence-corrected chi connectivity index (χ0v) is 14.2. The van der Waals surface area contributed by atoms with Gasteiger partial charge in [-0.1, -0.05) is 29.8 Å². The standard InChI is InChI=1S/C16H17ClN2O3S/c1-22-13(20)8-11(9-6-7-9)18-16(21)19-15-14(17)10-4-2-3-5-12(10)23-15/h2-5,9,11H,6-8H2,1H3,(H2,18,19,21). The third kappa shape index (κ3) is 3.76. The number of halogens is 1. The number of amides is 2. The molecule has 23 heavy (non-hydrogen) atoms. The van der Waals surface area contributed by atoms with Crippen molar-refractivity contribution in [2.75, 3.05) is 12.4 Å². The molecule has 0 radical (unpaired) electrons. The number of fused-ring (bicyclic) bond motifs is 1. The minimum Gasteiger partial charge on any atom is -0.469 e. The van der Waals surface area contributed by atoms with Crippen LogP contribution in [0.1, 0.15) is 19.3 Å². The highest BCUT2D eigenvalue weighted by molar-refractivity contribution is 7.23. The smallest absolute Gasteiger partial charge is 0.320 e. The SMILES string of the molecule is COC(=O)CC(NC(=O)Nc1sc2ccccc2c1Cl)C1CC1. The second-order valence-electron chi connectivity index (χ2n) is 5.56. The Morgan fingerprint density at radius 1 is 1.39 bits per heavy atom. The van der Waals surface area contributed by atoms with E-state index in [0.29, 0.717) is 15.9 Å². The minimum atomic E-state index is -0.348. The molecule has 122 valence electrons. The second kappa shape index (κ2) is 6.76. The van der Waals surface area contributed by atoms with Crippen LogP contribution in [-0.2, 0) is 9.53 Å². The first-order valence-electron chi connectivity index (χ1n) is 7.40. The van der Waals surface area contributed by atoms with Crippen LogP contribution in [0.4, 0.5) is 9.80 Å². The van der Waals surface area contributed by atoms with Gasteiger partial charge in [-0.15, -0.1) is 11.3 Å². The molecule has 7 heteroatoms. The Kier molecular flexibility index (Phi) is 4.73. The summed E-state index contributed by atoms with van der Waals surface area (Å²) in [6.07, 6.45) is 2.23. The number of carbonyl (C=O) groups is 2. The van der Waals surface area contributed by atoms with Gasteiger partial charge in [0.2, 0.25) is 0 Å². The normalized spacial score (nSPS) is 15.2. The quantitative estimate of drug-likeness (QED) is 0.799. The van der Waals surface area contributed by atoms with E-state index in [1.54, 1.807) is 0 Å². The van der Waals surface area contributed by atoms with Crippen molar-refractivity contribution in [3.8, 4) is 0 Å². The number of ether oxygens (including phenoxy) is 1. The van der Waals surface area contributed by atoms with Gasteiger partial charge in [0.15, 0.2) is 0 Å². The predicted octanol–water partition coefficient (Wildman–Crippen LogP) is 4.02. The number of benzene rings is 1. The zero-order valence-electron chi connectivity index (χ0n) is 12.6. The topological polar surface area (TPSA) is 67.4 Å². The van der Waals surface area contributed by atoms with Gasteiger partial charge < -0.3 is 10.1 Å². The average molecular weight is 353 g/mol. The molecule has 1 aromatic carbocycles. The van der Waals surface area contributed by atoms with Crippen molar-refractivity contribution in [2.24, 2.45) is 5.92 Å². The maximum absolute atomic E-state index is 12.2. The highest BCUT2D eigenvalue weighted by Gasteiger charge is 2.34. The van der Waals surface area contributed by atoms with Crippen LogP contribution in [0, 0.1) is 5.92 Å². The Labute approximate surface area is 143 Å². The van der Waals surface area contributed by atoms with E-state index >= 15 is 0 Å². The van der Waals surface area contributed by atoms with E-state index in [2.05, 4.69) is 15.4 Å². The van der Waals surface area contributed by atoms with Gasteiger partial charge in [0, 0.05) is 16.1 Å². The van der Waals surface area contributed by atoms with Gasteiger partial charge in [0.25, 0.3) is 0 Å². The summed E-state index contributed by atoms with van der Waals surface area (Å²) in [7, 11) is 1.35. The molecule has 2 N–H and O–H groups in total. The molecule has 1 saturated carbocycles. The van der Waals surface area contributed by atoms with Gasteiger partial charge in [-0.25, -0.2) is 4.79 Å². The largest absolute Gasteiger partial charge is 0.469 e. The van der Waals surface area contributed by atoms with E-state index in [0.717, 1.165) is 22.9 Å². The van der Waals surface area contributed by atoms with Gasteiger partial charge in [-0.2, -0.15) is 0 Å². The number of hydrogen-bond acceptors (Lipinski definition) is 4. The lowest BCUT2D eigenvalue weighted by atomic mass is 10.1. The van der Waals surface area contributed by atoms with Crippen molar-refractivity contribution in [3.63, 3.8) is 0 Å². The number of hydrogen-bond donors (Lipinski definition) is 2. The predicted molar refractivity (Wildman–Crippen MR) is 92.1 cm³/mol. The Bertz CT molecular complexity index is 742. The Balaban J connectivity index is 1.67. The maximum Gasteiger partial charge on any atom is 0.320 e. The lowest BCUT2D eigenvalue weighted by molar-refractivity contribution is -0.141. The number of rotatable bonds is 5. The van der Waals surface area contributed by atoms with E-state index in [4.69, 9.17) is 11.6 Å². The number of nitrogens with one attached hydrogen (secondary N) is 2. The second-order valence-corrected chi connectivity index (χ2v) is 6.99. The molecule has 1 fully saturated rings. The van der Waals surface area contributed by atoms with Crippen molar-refractivity contribution in [3.05, 3.63) is 29.3 Å². The first-order chi connectivity index (χ1) is 11.1. The van der Waals surface area contributed by atoms with Crippen LogP contribution in [0.2, 0.25) is 5.02 Å². The fraction of sp³-hybridized carbons (Fsp3) is 0.375. The summed E-state index contributed by atoms with van der Waals surface area (Å²) in [5.41, 5.74) is 0. The van der Waals surface area contributed by atoms with Crippen molar-refractivity contribution in [1.29, 1.82) is 0 Å². The number of carbonyl (C=O) groups excluding carboxylic acids is 2. The van der Waals surface area contributed by atoms with Crippen LogP contribution in [0.3, 0.4) is 0 Å². The third-order valence-corrected chi connectivity index (χ3v) is 5.47. The van der Waals surface area contributed by atoms with Crippen LogP contribution < -0.4 is 10.6 Å². The first kappa shape index (κ1) is 16.1. The van der Waals surface area contributed by atoms with Crippen LogP contribution in [-0.4, -0.2) is 25.2 Å². The molecule has 1 aromatic heterocycles. The van der Waals surface area contributed by atoms with E-state index in [-0.39, 0.29) is 24.5 Å². The minimum absolute atomic E-state index is 0.189. The zero-order chi connectivity index (χ0) is 16.4. The van der Waals surface area contributed by atoms with Crippen molar-refractivity contribution >= 4 is 50.0 Å². The lowest BCUT2D eigenvalue weighted by Gasteiger charge is -2.17. The Hall–Kier alpha value is -1.79. The molecule has 1 unspecified atom stereocenters. The average Bonchev–Trinajstić information content (AvgIpc) is 3.34. The van der Waals surface area contributed by atoms with Crippen LogP contribution >= 0.6 is 22.9 Å². The number of thiophene rings is 1. The Morgan fingerprint density at radius 2 is 2.13 bits per heavy atom. The van der Waals surface area contributed by atoms with Gasteiger partial charge in [-0.05, 0) is 24.8 Å². The van der Waals surface area contributed by atoms with Crippen molar-refractivity contribution in [1.82, 2.24) is 5.32 Å². The summed E-state index contributed by atoms with van der Waals surface area (Å²) < 4.78 is 5.70. The summed E-state index contributed by atoms with van der Waals surface area (Å²) in [6, 6.07) is 7.17. The van der Waals surface area contributed by atoms with E-state index < -0.39 is 0 Å². The molecule has 1 aliphatic carbocycles. The molecule has 0 bridgehead atoms. The fourth-order valence-corrected chi connectivity index (χ4v) is 3.87. The van der Waals surface area contributed by atoms with Crippen LogP contribution in [0.5, 0.6) is 0 Å². The van der Waals surface area contributed by atoms with Crippen LogP contribution in [0.15, 0.2) is 24.3 Å². The molecular formula is C16H17ClN2O3S. The van der Waals surface area contributed by atoms with Crippen LogP contribution in [0.25, 0.3) is 10.1 Å². The summed E-state index contributed by atoms with van der Waals surface area (Å²) in [6.45, 7) is 0. The molecule has 1 aliphatic rings. The maximum atomic E-state index is 12.2. The molecule has 1 atom stereocenters. The molecule has 2 aromatic rings. The lowest BCUT2D eigenvalue weighted by Crippen LogP contribution is -2.40. The van der Waals surface area contributed by atoms with Gasteiger partial charge in [-0.3, -0.25) is 10.1 Å². The summed E-state index contributed by atoms with van der Waals surface area (Å²) in [5, 5.41) is 7.72. The number of anilines is 1. The van der Waals surface area contributed by atoms with Gasteiger partial charge in [0.05, 0.1) is 18.6 Å². The number of methoxy groups -OCH3 is 1. The fourth-order valence-electron chi connectivity index (χ4n) is 2.50. The highest BCUT2D eigenvalue weighted by Crippen LogP contribution is 2.39. The third-order valence-electron chi connectivity index (χ3n) is 3.88. The van der Waals surface area contributed by atoms with E-state index in [1.807, 2.05) is 24.3 Å². The summed E-state index contributed by atoms with van der Waals surface area (Å²) >= 11 is 7.74. The summed E-state index contributed by atoms with van der Waals surface area (Å²) in [5.74, 6) is 0.0276. The highest BCUT2D eigenvalue weighted by atomic mass is 35.5. The molecule has 3 rings (SSSR count). The monoisotopic (exact) mass is 352 g/mol. The van der Waals surface area contributed by atoms with Crippen molar-refractivity contribution < 1.29 is 14.3 Å². The molecule has 0 saturated heterocycles. The van der Waals surface area contributed by atoms with Gasteiger partial charge in [0.1, 0.15) is 5.00 Å². The molecule has 0 aliphatic heterocycles.